The van der Waals surface area contributed by atoms with Crippen LogP contribution in [0.1, 0.15) is 12.1 Å². The predicted octanol–water partition coefficient (Wildman–Crippen LogP) is 0.0404. The van der Waals surface area contributed by atoms with E-state index in [0.29, 0.717) is 18.8 Å². The summed E-state index contributed by atoms with van der Waals surface area (Å²) in [6.07, 6.45) is 2.15. The molecule has 6 nitrogen and oxygen atoms in total. The van der Waals surface area contributed by atoms with Gasteiger partial charge in [-0.1, -0.05) is 12.2 Å². The van der Waals surface area contributed by atoms with Gasteiger partial charge in [0.25, 0.3) is 0 Å². The number of sulfonamides is 1. The fourth-order valence-corrected chi connectivity index (χ4v) is 3.74. The van der Waals surface area contributed by atoms with E-state index in [9.17, 15) is 8.42 Å². The highest BCUT2D eigenvalue weighted by Crippen LogP contribution is 2.22. The van der Waals surface area contributed by atoms with Gasteiger partial charge in [0.2, 0.25) is 10.0 Å². The van der Waals surface area contributed by atoms with Gasteiger partial charge in [-0.15, -0.1) is 0 Å². The van der Waals surface area contributed by atoms with E-state index in [2.05, 4.69) is 4.98 Å². The lowest BCUT2D eigenvalue weighted by Gasteiger charge is -2.20. The Morgan fingerprint density at radius 1 is 1.50 bits per heavy atom. The molecule has 1 aliphatic rings. The maximum Gasteiger partial charge on any atom is 0.244 e. The Morgan fingerprint density at radius 2 is 2.20 bits per heavy atom. The average molecular weight is 314 g/mol. The van der Waals surface area contributed by atoms with E-state index in [1.54, 1.807) is 0 Å². The van der Waals surface area contributed by atoms with Crippen LogP contribution in [-0.4, -0.2) is 60.8 Å². The average Bonchev–Trinajstić information content (AvgIpc) is 2.89. The lowest BCUT2D eigenvalue weighted by molar-refractivity contribution is 0.302. The molecule has 0 amide bonds. The zero-order valence-electron chi connectivity index (χ0n) is 11.5. The van der Waals surface area contributed by atoms with E-state index in [1.165, 1.54) is 22.6 Å². The maximum atomic E-state index is 12.5. The third-order valence-electron chi connectivity index (χ3n) is 3.48. The van der Waals surface area contributed by atoms with E-state index in [-0.39, 0.29) is 15.9 Å². The van der Waals surface area contributed by atoms with Crippen LogP contribution in [-0.2, 0) is 10.0 Å². The number of thiocarbonyl (C=S) groups is 1. The zero-order chi connectivity index (χ0) is 14.9. The van der Waals surface area contributed by atoms with E-state index < -0.39 is 10.0 Å². The van der Waals surface area contributed by atoms with Gasteiger partial charge in [-0.2, -0.15) is 4.31 Å². The van der Waals surface area contributed by atoms with E-state index in [1.807, 2.05) is 19.0 Å². The maximum absolute atomic E-state index is 12.5. The van der Waals surface area contributed by atoms with Crippen LogP contribution in [0.4, 0.5) is 0 Å². The normalized spacial score (nSPS) is 20.4. The number of hydrogen-bond donors (Lipinski definition) is 1. The minimum atomic E-state index is -3.49. The number of nitrogens with two attached hydrogens (primary N) is 1. The first-order chi connectivity index (χ1) is 9.32. The first-order valence-electron chi connectivity index (χ1n) is 6.25. The summed E-state index contributed by atoms with van der Waals surface area (Å²) in [5, 5.41) is 0. The molecule has 0 aromatic carbocycles. The third-order valence-corrected chi connectivity index (χ3v) is 5.54. The second kappa shape index (κ2) is 5.72. The molecule has 2 N–H and O–H groups in total. The Bertz CT molecular complexity index is 598. The minimum absolute atomic E-state index is 0.155. The monoisotopic (exact) mass is 314 g/mol. The largest absolute Gasteiger partial charge is 0.388 e. The number of likely N-dealkylation sites (N-methyl/N-ethyl adjacent to an activating group) is 1. The van der Waals surface area contributed by atoms with Crippen molar-refractivity contribution in [1.82, 2.24) is 14.2 Å². The van der Waals surface area contributed by atoms with Crippen LogP contribution in [0.15, 0.2) is 23.2 Å². The van der Waals surface area contributed by atoms with Crippen LogP contribution in [0, 0.1) is 0 Å². The van der Waals surface area contributed by atoms with E-state index >= 15 is 0 Å². The number of rotatable bonds is 4. The molecule has 1 atom stereocenters. The van der Waals surface area contributed by atoms with Gasteiger partial charge in [-0.3, -0.25) is 4.98 Å². The highest BCUT2D eigenvalue weighted by atomic mass is 32.2. The second-order valence-corrected chi connectivity index (χ2v) is 7.39. The van der Waals surface area contributed by atoms with Gasteiger partial charge in [0.15, 0.2) is 0 Å². The Hall–Kier alpha value is -1.09. The van der Waals surface area contributed by atoms with Gasteiger partial charge in [0, 0.05) is 25.3 Å². The minimum Gasteiger partial charge on any atom is -0.388 e. The van der Waals surface area contributed by atoms with Gasteiger partial charge >= 0.3 is 0 Å². The summed E-state index contributed by atoms with van der Waals surface area (Å²) in [5.74, 6) is 0. The molecular weight excluding hydrogens is 296 g/mol. The second-order valence-electron chi connectivity index (χ2n) is 5.01. The molecule has 1 saturated heterocycles. The van der Waals surface area contributed by atoms with Crippen molar-refractivity contribution in [3.8, 4) is 0 Å². The van der Waals surface area contributed by atoms with Crippen LogP contribution in [0.5, 0.6) is 0 Å². The molecule has 0 radical (unpaired) electrons. The van der Waals surface area contributed by atoms with E-state index in [0.717, 1.165) is 6.42 Å². The van der Waals surface area contributed by atoms with Crippen molar-refractivity contribution in [2.45, 2.75) is 17.4 Å². The molecule has 110 valence electrons. The molecule has 8 heteroatoms. The van der Waals surface area contributed by atoms with Crippen molar-refractivity contribution < 1.29 is 8.42 Å². The molecule has 20 heavy (non-hydrogen) atoms. The zero-order valence-corrected chi connectivity index (χ0v) is 13.1. The quantitative estimate of drug-likeness (QED) is 0.791. The number of hydrogen-bond acceptors (Lipinski definition) is 5. The standard InChI is InChI=1S/C12H18N4O2S2/c1-15(2)9-5-6-16(8-9)20(17,18)10-3-4-11(12(13)19)14-7-10/h3-4,7,9H,5-6,8H2,1-2H3,(H2,13,19). The molecular formula is C12H18N4O2S2. The first-order valence-corrected chi connectivity index (χ1v) is 8.09. The molecule has 0 aliphatic carbocycles. The molecule has 0 saturated carbocycles. The van der Waals surface area contributed by atoms with E-state index in [4.69, 9.17) is 18.0 Å². The molecule has 1 unspecified atom stereocenters. The van der Waals surface area contributed by atoms with Gasteiger partial charge < -0.3 is 10.6 Å². The Morgan fingerprint density at radius 3 is 2.65 bits per heavy atom. The van der Waals surface area contributed by atoms with Crippen LogP contribution in [0.2, 0.25) is 0 Å². The van der Waals surface area contributed by atoms with Crippen molar-refractivity contribution in [1.29, 1.82) is 0 Å². The smallest absolute Gasteiger partial charge is 0.244 e. The van der Waals surface area contributed by atoms with Crippen molar-refractivity contribution >= 4 is 27.2 Å². The lowest BCUT2D eigenvalue weighted by Crippen LogP contribution is -2.34. The van der Waals surface area contributed by atoms with Crippen molar-refractivity contribution in [3.63, 3.8) is 0 Å². The van der Waals surface area contributed by atoms with Gasteiger partial charge in [0.1, 0.15) is 9.88 Å². The number of nitrogens with zero attached hydrogens (tertiary/aromatic N) is 3. The molecule has 1 aromatic heterocycles. The highest BCUT2D eigenvalue weighted by Gasteiger charge is 2.33. The summed E-state index contributed by atoms with van der Waals surface area (Å²) < 4.78 is 26.5. The Kier molecular flexibility index (Phi) is 4.38. The number of pyridine rings is 1. The Labute approximate surface area is 124 Å². The van der Waals surface area contributed by atoms with Crippen LogP contribution < -0.4 is 5.73 Å². The summed E-state index contributed by atoms with van der Waals surface area (Å²) in [6.45, 7) is 1.04. The molecule has 0 bridgehead atoms. The van der Waals surface area contributed by atoms with Crippen molar-refractivity contribution in [2.75, 3.05) is 27.2 Å². The summed E-state index contributed by atoms with van der Waals surface area (Å²) in [4.78, 5) is 6.37. The fourth-order valence-electron chi connectivity index (χ4n) is 2.18. The SMILES string of the molecule is CN(C)C1CCN(S(=O)(=O)c2ccc(C(N)=S)nc2)C1. The molecule has 1 fully saturated rings. The van der Waals surface area contributed by atoms with Gasteiger partial charge in [-0.25, -0.2) is 8.42 Å². The topological polar surface area (TPSA) is 79.5 Å². The van der Waals surface area contributed by atoms with Crippen LogP contribution in [0.3, 0.4) is 0 Å². The highest BCUT2D eigenvalue weighted by molar-refractivity contribution is 7.89. The van der Waals surface area contributed by atoms with Crippen LogP contribution in [0.25, 0.3) is 0 Å². The van der Waals surface area contributed by atoms with Gasteiger partial charge in [0.05, 0.1) is 5.69 Å². The molecule has 0 spiro atoms. The summed E-state index contributed by atoms with van der Waals surface area (Å²) in [5.41, 5.74) is 5.87. The van der Waals surface area contributed by atoms with Gasteiger partial charge in [-0.05, 0) is 32.6 Å². The van der Waals surface area contributed by atoms with Crippen molar-refractivity contribution in [2.24, 2.45) is 5.73 Å². The predicted molar refractivity (Wildman–Crippen MR) is 81.0 cm³/mol. The number of aromatic nitrogens is 1. The lowest BCUT2D eigenvalue weighted by atomic mass is 10.2. The first kappa shape index (κ1) is 15.3. The third kappa shape index (κ3) is 2.98. The molecule has 2 rings (SSSR count). The molecule has 1 aliphatic heterocycles. The summed E-state index contributed by atoms with van der Waals surface area (Å²) in [6, 6.07) is 3.29. The van der Waals surface area contributed by atoms with Crippen molar-refractivity contribution in [3.05, 3.63) is 24.0 Å². The molecule has 2 heterocycles. The Balaban J connectivity index is 2.21. The summed E-state index contributed by atoms with van der Waals surface area (Å²) >= 11 is 4.80. The summed E-state index contributed by atoms with van der Waals surface area (Å²) in [7, 11) is 0.428. The van der Waals surface area contributed by atoms with Crippen LogP contribution >= 0.6 is 12.2 Å². The fraction of sp³-hybridized carbons (Fsp3) is 0.500. The molecule has 1 aromatic rings.